The summed E-state index contributed by atoms with van der Waals surface area (Å²) < 4.78 is 5.45. The minimum absolute atomic E-state index is 0.0758. The van der Waals surface area contributed by atoms with Gasteiger partial charge in [0.25, 0.3) is 0 Å². The molecule has 0 aliphatic heterocycles. The van der Waals surface area contributed by atoms with Gasteiger partial charge in [0.2, 0.25) is 5.91 Å². The molecule has 0 radical (unpaired) electrons. The lowest BCUT2D eigenvalue weighted by Gasteiger charge is -2.11. The molecule has 4 nitrogen and oxygen atoms in total. The zero-order valence-electron chi connectivity index (χ0n) is 9.99. The summed E-state index contributed by atoms with van der Waals surface area (Å²) in [4.78, 5) is 12.8. The predicted octanol–water partition coefficient (Wildman–Crippen LogP) is 1.59. The molecule has 88 valence electrons. The molecule has 0 fully saturated rings. The SMILES string of the molecule is CNc1ccc(OCCC(=O)N(C)C)cc1. The van der Waals surface area contributed by atoms with E-state index >= 15 is 0 Å². The molecular formula is C12H18N2O2. The van der Waals surface area contributed by atoms with Crippen LogP contribution < -0.4 is 10.1 Å². The van der Waals surface area contributed by atoms with Crippen molar-refractivity contribution in [3.63, 3.8) is 0 Å². The maximum absolute atomic E-state index is 11.3. The van der Waals surface area contributed by atoms with E-state index in [1.54, 1.807) is 19.0 Å². The second-order valence-electron chi connectivity index (χ2n) is 3.66. The Morgan fingerprint density at radius 1 is 1.31 bits per heavy atom. The highest BCUT2D eigenvalue weighted by molar-refractivity contribution is 5.75. The molecule has 0 aromatic heterocycles. The average Bonchev–Trinajstić information content (AvgIpc) is 2.29. The van der Waals surface area contributed by atoms with Gasteiger partial charge in [-0.1, -0.05) is 0 Å². The third-order valence-corrected chi connectivity index (χ3v) is 2.23. The number of anilines is 1. The van der Waals surface area contributed by atoms with Crippen LogP contribution in [0, 0.1) is 0 Å². The highest BCUT2D eigenvalue weighted by Crippen LogP contribution is 2.15. The number of nitrogens with one attached hydrogen (secondary N) is 1. The highest BCUT2D eigenvalue weighted by atomic mass is 16.5. The molecule has 1 amide bonds. The van der Waals surface area contributed by atoms with Crippen LogP contribution in [0.3, 0.4) is 0 Å². The van der Waals surface area contributed by atoms with E-state index in [9.17, 15) is 4.79 Å². The number of carbonyl (C=O) groups is 1. The molecular weight excluding hydrogens is 204 g/mol. The number of carbonyl (C=O) groups excluding carboxylic acids is 1. The van der Waals surface area contributed by atoms with Crippen molar-refractivity contribution in [2.75, 3.05) is 33.1 Å². The summed E-state index contributed by atoms with van der Waals surface area (Å²) >= 11 is 0. The molecule has 16 heavy (non-hydrogen) atoms. The first kappa shape index (κ1) is 12.4. The molecule has 0 spiro atoms. The number of benzene rings is 1. The van der Waals surface area contributed by atoms with Crippen LogP contribution in [-0.2, 0) is 4.79 Å². The number of hydrogen-bond donors (Lipinski definition) is 1. The van der Waals surface area contributed by atoms with Gasteiger partial charge in [0, 0.05) is 26.8 Å². The second-order valence-corrected chi connectivity index (χ2v) is 3.66. The van der Waals surface area contributed by atoms with E-state index in [0.717, 1.165) is 11.4 Å². The molecule has 0 aliphatic rings. The quantitative estimate of drug-likeness (QED) is 0.822. The van der Waals surface area contributed by atoms with Crippen LogP contribution in [0.5, 0.6) is 5.75 Å². The van der Waals surface area contributed by atoms with E-state index in [2.05, 4.69) is 5.32 Å². The fourth-order valence-electron chi connectivity index (χ4n) is 1.20. The number of hydrogen-bond acceptors (Lipinski definition) is 3. The van der Waals surface area contributed by atoms with Gasteiger partial charge in [0.05, 0.1) is 13.0 Å². The molecule has 1 aromatic rings. The summed E-state index contributed by atoms with van der Waals surface area (Å²) in [5.41, 5.74) is 1.04. The van der Waals surface area contributed by atoms with Crippen LogP contribution >= 0.6 is 0 Å². The predicted molar refractivity (Wildman–Crippen MR) is 64.8 cm³/mol. The Balaban J connectivity index is 2.34. The van der Waals surface area contributed by atoms with Crippen LogP contribution in [-0.4, -0.2) is 38.6 Å². The number of rotatable bonds is 5. The van der Waals surface area contributed by atoms with Crippen molar-refractivity contribution in [1.82, 2.24) is 4.90 Å². The van der Waals surface area contributed by atoms with Crippen molar-refractivity contribution in [3.8, 4) is 5.75 Å². The maximum Gasteiger partial charge on any atom is 0.225 e. The van der Waals surface area contributed by atoms with Crippen molar-refractivity contribution < 1.29 is 9.53 Å². The molecule has 0 bridgehead atoms. The molecule has 0 saturated heterocycles. The van der Waals surface area contributed by atoms with Crippen LogP contribution in [0.2, 0.25) is 0 Å². The molecule has 0 aliphatic carbocycles. The fraction of sp³-hybridized carbons (Fsp3) is 0.417. The fourth-order valence-corrected chi connectivity index (χ4v) is 1.20. The van der Waals surface area contributed by atoms with E-state index in [1.165, 1.54) is 0 Å². The summed E-state index contributed by atoms with van der Waals surface area (Å²) in [6, 6.07) is 7.63. The zero-order valence-corrected chi connectivity index (χ0v) is 9.99. The summed E-state index contributed by atoms with van der Waals surface area (Å²) in [7, 11) is 5.35. The van der Waals surface area contributed by atoms with Gasteiger partial charge in [-0.05, 0) is 24.3 Å². The largest absolute Gasteiger partial charge is 0.493 e. The topological polar surface area (TPSA) is 41.6 Å². The number of nitrogens with zero attached hydrogens (tertiary/aromatic N) is 1. The van der Waals surface area contributed by atoms with E-state index < -0.39 is 0 Å². The Hall–Kier alpha value is -1.71. The Kier molecular flexibility index (Phi) is 4.64. The molecule has 4 heteroatoms. The molecule has 0 saturated carbocycles. The van der Waals surface area contributed by atoms with E-state index in [-0.39, 0.29) is 5.91 Å². The second kappa shape index (κ2) is 6.00. The van der Waals surface area contributed by atoms with Gasteiger partial charge < -0.3 is 15.0 Å². The molecule has 0 unspecified atom stereocenters. The maximum atomic E-state index is 11.3. The average molecular weight is 222 g/mol. The Bertz CT molecular complexity index is 333. The van der Waals surface area contributed by atoms with Gasteiger partial charge in [-0.15, -0.1) is 0 Å². The van der Waals surface area contributed by atoms with Crippen molar-refractivity contribution in [3.05, 3.63) is 24.3 Å². The van der Waals surface area contributed by atoms with Crippen LogP contribution in [0.1, 0.15) is 6.42 Å². The lowest BCUT2D eigenvalue weighted by atomic mass is 10.3. The zero-order chi connectivity index (χ0) is 12.0. The summed E-state index contributed by atoms with van der Waals surface area (Å²) in [5.74, 6) is 0.859. The van der Waals surface area contributed by atoms with E-state index in [4.69, 9.17) is 4.74 Å². The van der Waals surface area contributed by atoms with Crippen molar-refractivity contribution in [2.24, 2.45) is 0 Å². The number of ether oxygens (including phenoxy) is 1. The normalized spacial score (nSPS) is 9.69. The van der Waals surface area contributed by atoms with Gasteiger partial charge in [0.15, 0.2) is 0 Å². The smallest absolute Gasteiger partial charge is 0.225 e. The number of amides is 1. The molecule has 1 N–H and O–H groups in total. The molecule has 1 rings (SSSR count). The lowest BCUT2D eigenvalue weighted by molar-refractivity contribution is -0.129. The van der Waals surface area contributed by atoms with Gasteiger partial charge >= 0.3 is 0 Å². The summed E-state index contributed by atoms with van der Waals surface area (Å²) in [6.45, 7) is 0.413. The molecule has 0 heterocycles. The van der Waals surface area contributed by atoms with Crippen molar-refractivity contribution in [1.29, 1.82) is 0 Å². The van der Waals surface area contributed by atoms with Crippen LogP contribution in [0.4, 0.5) is 5.69 Å². The van der Waals surface area contributed by atoms with Crippen LogP contribution in [0.25, 0.3) is 0 Å². The minimum atomic E-state index is 0.0758. The van der Waals surface area contributed by atoms with Gasteiger partial charge in [0.1, 0.15) is 5.75 Å². The summed E-state index contributed by atoms with van der Waals surface area (Å²) in [6.07, 6.45) is 0.404. The van der Waals surface area contributed by atoms with Gasteiger partial charge in [-0.3, -0.25) is 4.79 Å². The Labute approximate surface area is 96.2 Å². The highest BCUT2D eigenvalue weighted by Gasteiger charge is 2.03. The van der Waals surface area contributed by atoms with E-state index in [0.29, 0.717) is 13.0 Å². The van der Waals surface area contributed by atoms with Gasteiger partial charge in [-0.2, -0.15) is 0 Å². The Morgan fingerprint density at radius 3 is 2.44 bits per heavy atom. The van der Waals surface area contributed by atoms with Crippen molar-refractivity contribution >= 4 is 11.6 Å². The van der Waals surface area contributed by atoms with Gasteiger partial charge in [-0.25, -0.2) is 0 Å². The third-order valence-electron chi connectivity index (χ3n) is 2.23. The monoisotopic (exact) mass is 222 g/mol. The first-order chi connectivity index (χ1) is 7.63. The van der Waals surface area contributed by atoms with Crippen molar-refractivity contribution in [2.45, 2.75) is 6.42 Å². The minimum Gasteiger partial charge on any atom is -0.493 e. The lowest BCUT2D eigenvalue weighted by Crippen LogP contribution is -2.23. The first-order valence-electron chi connectivity index (χ1n) is 5.24. The Morgan fingerprint density at radius 2 is 1.94 bits per heavy atom. The summed E-state index contributed by atoms with van der Waals surface area (Å²) in [5, 5.41) is 3.03. The third kappa shape index (κ3) is 3.81. The van der Waals surface area contributed by atoms with Crippen LogP contribution in [0.15, 0.2) is 24.3 Å². The standard InChI is InChI=1S/C12H18N2O2/c1-13-10-4-6-11(7-5-10)16-9-8-12(15)14(2)3/h4-7,13H,8-9H2,1-3H3. The van der Waals surface area contributed by atoms with E-state index in [1.807, 2.05) is 31.3 Å². The first-order valence-corrected chi connectivity index (χ1v) is 5.24. The molecule has 0 atom stereocenters. The molecule has 1 aromatic carbocycles.